The number of aromatic nitrogens is 3. The van der Waals surface area contributed by atoms with Crippen molar-refractivity contribution in [3.05, 3.63) is 52.3 Å². The lowest BCUT2D eigenvalue weighted by Gasteiger charge is -2.15. The van der Waals surface area contributed by atoms with E-state index in [1.54, 1.807) is 16.8 Å². The first-order valence-electron chi connectivity index (χ1n) is 8.19. The second kappa shape index (κ2) is 7.43. The number of benzene rings is 1. The lowest BCUT2D eigenvalue weighted by molar-refractivity contribution is 0.326. The highest BCUT2D eigenvalue weighted by atomic mass is 16.5. The number of ether oxygens (including phenoxy) is 3. The van der Waals surface area contributed by atoms with Crippen molar-refractivity contribution in [3.63, 3.8) is 0 Å². The van der Waals surface area contributed by atoms with Crippen LogP contribution in [-0.2, 0) is 13.0 Å². The molecule has 26 heavy (non-hydrogen) atoms. The highest BCUT2D eigenvalue weighted by molar-refractivity contribution is 5.89. The van der Waals surface area contributed by atoms with Gasteiger partial charge in [-0.1, -0.05) is 6.07 Å². The minimum Gasteiger partial charge on any atom is -0.493 e. The zero-order chi connectivity index (χ0) is 18.7. The van der Waals surface area contributed by atoms with Crippen molar-refractivity contribution < 1.29 is 14.2 Å². The fourth-order valence-corrected chi connectivity index (χ4v) is 2.93. The van der Waals surface area contributed by atoms with E-state index >= 15 is 0 Å². The largest absolute Gasteiger partial charge is 0.493 e. The molecule has 0 N–H and O–H groups in total. The van der Waals surface area contributed by atoms with Gasteiger partial charge in [0.1, 0.15) is 5.52 Å². The van der Waals surface area contributed by atoms with E-state index in [0.717, 1.165) is 11.3 Å². The molecule has 136 valence electrons. The minimum atomic E-state index is -0.164. The van der Waals surface area contributed by atoms with Crippen LogP contribution in [0.5, 0.6) is 17.2 Å². The first-order valence-corrected chi connectivity index (χ1v) is 8.19. The van der Waals surface area contributed by atoms with E-state index < -0.39 is 0 Å². The van der Waals surface area contributed by atoms with Crippen LogP contribution in [0.25, 0.3) is 10.9 Å². The van der Waals surface area contributed by atoms with Crippen LogP contribution in [0, 0.1) is 6.92 Å². The number of pyridine rings is 1. The van der Waals surface area contributed by atoms with Gasteiger partial charge in [0.15, 0.2) is 11.5 Å². The van der Waals surface area contributed by atoms with Gasteiger partial charge in [-0.25, -0.2) is 4.98 Å². The number of aryl methyl sites for hydroxylation is 3. The molecule has 0 amide bonds. The van der Waals surface area contributed by atoms with Gasteiger partial charge < -0.3 is 14.2 Å². The number of rotatable bonds is 6. The molecule has 0 aliphatic carbocycles. The second-order valence-electron chi connectivity index (χ2n) is 5.80. The number of nitrogens with zero attached hydrogens (tertiary/aromatic N) is 3. The average molecular weight is 355 g/mol. The summed E-state index contributed by atoms with van der Waals surface area (Å²) in [4.78, 5) is 21.7. The Morgan fingerprint density at radius 3 is 2.50 bits per heavy atom. The summed E-state index contributed by atoms with van der Waals surface area (Å²) in [6.45, 7) is 2.49. The highest BCUT2D eigenvalue weighted by Gasteiger charge is 2.19. The van der Waals surface area contributed by atoms with Crippen LogP contribution in [0.15, 0.2) is 35.5 Å². The van der Waals surface area contributed by atoms with Crippen molar-refractivity contribution in [2.24, 2.45) is 0 Å². The van der Waals surface area contributed by atoms with Crippen LogP contribution in [0.1, 0.15) is 11.3 Å². The van der Waals surface area contributed by atoms with Crippen LogP contribution < -0.4 is 19.8 Å². The molecule has 0 saturated carbocycles. The molecule has 3 aromatic rings. The lowest BCUT2D eigenvalue weighted by Crippen LogP contribution is -2.22. The van der Waals surface area contributed by atoms with Crippen molar-refractivity contribution in [2.75, 3.05) is 21.3 Å². The van der Waals surface area contributed by atoms with Gasteiger partial charge in [-0.05, 0) is 24.6 Å². The van der Waals surface area contributed by atoms with Gasteiger partial charge in [-0.2, -0.15) is 0 Å². The Labute approximate surface area is 151 Å². The topological polar surface area (TPSA) is 75.5 Å². The molecule has 0 saturated heterocycles. The van der Waals surface area contributed by atoms with Crippen LogP contribution in [0.3, 0.4) is 0 Å². The zero-order valence-electron chi connectivity index (χ0n) is 15.3. The molecular formula is C19H21N3O4. The summed E-state index contributed by atoms with van der Waals surface area (Å²) in [5.41, 5.74) is 2.34. The zero-order valence-corrected chi connectivity index (χ0v) is 15.3. The van der Waals surface area contributed by atoms with Gasteiger partial charge >= 0.3 is 0 Å². The van der Waals surface area contributed by atoms with Crippen molar-refractivity contribution >= 4 is 10.9 Å². The summed E-state index contributed by atoms with van der Waals surface area (Å²) in [6.07, 6.45) is 3.92. The third-order valence-corrected chi connectivity index (χ3v) is 4.33. The van der Waals surface area contributed by atoms with Crippen molar-refractivity contribution in [3.8, 4) is 17.2 Å². The molecule has 3 rings (SSSR count). The standard InChI is InChI=1S/C19H21N3O4/c1-12-6-5-8-20-14(12)7-9-22-11-21-16-13(19(22)23)10-15(24-2)17(25-3)18(16)26-4/h5-6,8,10-11H,7,9H2,1-4H3. The monoisotopic (exact) mass is 355 g/mol. The minimum absolute atomic E-state index is 0.164. The number of methoxy groups -OCH3 is 3. The Kier molecular flexibility index (Phi) is 5.06. The maximum Gasteiger partial charge on any atom is 0.261 e. The fourth-order valence-electron chi connectivity index (χ4n) is 2.93. The van der Waals surface area contributed by atoms with E-state index in [0.29, 0.717) is 41.1 Å². The van der Waals surface area contributed by atoms with Gasteiger partial charge in [0.2, 0.25) is 5.75 Å². The van der Waals surface area contributed by atoms with E-state index in [1.807, 2.05) is 19.1 Å². The van der Waals surface area contributed by atoms with E-state index in [-0.39, 0.29) is 5.56 Å². The van der Waals surface area contributed by atoms with E-state index in [4.69, 9.17) is 14.2 Å². The molecule has 7 heteroatoms. The van der Waals surface area contributed by atoms with Gasteiger partial charge in [-0.3, -0.25) is 14.3 Å². The maximum atomic E-state index is 12.9. The Balaban J connectivity index is 2.05. The Morgan fingerprint density at radius 1 is 1.08 bits per heavy atom. The van der Waals surface area contributed by atoms with Crippen molar-refractivity contribution in [1.29, 1.82) is 0 Å². The molecule has 1 aromatic carbocycles. The van der Waals surface area contributed by atoms with E-state index in [1.165, 1.54) is 27.7 Å². The van der Waals surface area contributed by atoms with Gasteiger partial charge in [0.05, 0.1) is 33.0 Å². The summed E-state index contributed by atoms with van der Waals surface area (Å²) in [6, 6.07) is 5.54. The van der Waals surface area contributed by atoms with Crippen molar-refractivity contribution in [1.82, 2.24) is 14.5 Å². The van der Waals surface area contributed by atoms with Crippen LogP contribution in [-0.4, -0.2) is 35.9 Å². The molecule has 0 radical (unpaired) electrons. The summed E-state index contributed by atoms with van der Waals surface area (Å²) < 4.78 is 17.7. The molecule has 0 aliphatic heterocycles. The molecule has 0 spiro atoms. The molecule has 7 nitrogen and oxygen atoms in total. The second-order valence-corrected chi connectivity index (χ2v) is 5.80. The number of fused-ring (bicyclic) bond motifs is 1. The molecular weight excluding hydrogens is 334 g/mol. The molecule has 0 unspecified atom stereocenters. The molecule has 2 heterocycles. The summed E-state index contributed by atoms with van der Waals surface area (Å²) in [7, 11) is 4.54. The van der Waals surface area contributed by atoms with Gasteiger partial charge in [0.25, 0.3) is 5.56 Å². The van der Waals surface area contributed by atoms with E-state index in [2.05, 4.69) is 9.97 Å². The van der Waals surface area contributed by atoms with Crippen LogP contribution in [0.4, 0.5) is 0 Å². The highest BCUT2D eigenvalue weighted by Crippen LogP contribution is 2.41. The smallest absolute Gasteiger partial charge is 0.261 e. The lowest BCUT2D eigenvalue weighted by atomic mass is 10.1. The van der Waals surface area contributed by atoms with Crippen LogP contribution >= 0.6 is 0 Å². The third-order valence-electron chi connectivity index (χ3n) is 4.33. The summed E-state index contributed by atoms with van der Waals surface area (Å²) in [5, 5.41) is 0.416. The normalized spacial score (nSPS) is 10.8. The predicted molar refractivity (Wildman–Crippen MR) is 98.3 cm³/mol. The first kappa shape index (κ1) is 17.7. The maximum absolute atomic E-state index is 12.9. The Morgan fingerprint density at radius 2 is 1.85 bits per heavy atom. The number of hydrogen-bond acceptors (Lipinski definition) is 6. The Bertz CT molecular complexity index is 998. The molecule has 0 atom stereocenters. The molecule has 0 bridgehead atoms. The van der Waals surface area contributed by atoms with Gasteiger partial charge in [-0.15, -0.1) is 0 Å². The molecule has 0 fully saturated rings. The van der Waals surface area contributed by atoms with Crippen LogP contribution in [0.2, 0.25) is 0 Å². The predicted octanol–water partition coefficient (Wildman–Crippen LogP) is 2.37. The summed E-state index contributed by atoms with van der Waals surface area (Å²) >= 11 is 0. The fraction of sp³-hybridized carbons (Fsp3) is 0.316. The molecule has 0 aliphatic rings. The van der Waals surface area contributed by atoms with Gasteiger partial charge in [0, 0.05) is 24.9 Å². The number of hydrogen-bond donors (Lipinski definition) is 0. The third kappa shape index (κ3) is 3.08. The van der Waals surface area contributed by atoms with E-state index in [9.17, 15) is 4.79 Å². The average Bonchev–Trinajstić information content (AvgIpc) is 2.67. The summed E-state index contributed by atoms with van der Waals surface area (Å²) in [5.74, 6) is 1.22. The molecule has 2 aromatic heterocycles. The SMILES string of the molecule is COc1cc2c(=O)n(CCc3ncccc3C)cnc2c(OC)c1OC. The quantitative estimate of drug-likeness (QED) is 0.676. The Hall–Kier alpha value is -3.09. The first-order chi connectivity index (χ1) is 12.6. The van der Waals surface area contributed by atoms with Crippen molar-refractivity contribution in [2.45, 2.75) is 19.9 Å².